The van der Waals surface area contributed by atoms with Crippen molar-refractivity contribution in [2.24, 2.45) is 5.10 Å². The molecule has 6 nitrogen and oxygen atoms in total. The van der Waals surface area contributed by atoms with E-state index in [9.17, 15) is 4.79 Å². The first-order valence-electron chi connectivity index (χ1n) is 9.33. The van der Waals surface area contributed by atoms with Crippen LogP contribution in [0, 0.1) is 0 Å². The van der Waals surface area contributed by atoms with Crippen molar-refractivity contribution in [2.45, 2.75) is 11.8 Å². The minimum absolute atomic E-state index is 0.157. The Balaban J connectivity index is 1.25. The lowest BCUT2D eigenvalue weighted by molar-refractivity contribution is -0.118. The third-order valence-electron chi connectivity index (χ3n) is 4.11. The highest BCUT2D eigenvalue weighted by molar-refractivity contribution is 7.99. The number of oxazole rings is 1. The van der Waals surface area contributed by atoms with E-state index in [0.29, 0.717) is 17.4 Å². The maximum absolute atomic E-state index is 12.0. The van der Waals surface area contributed by atoms with Gasteiger partial charge in [-0.25, -0.2) is 10.4 Å². The summed E-state index contributed by atoms with van der Waals surface area (Å²) >= 11 is 1.22. The van der Waals surface area contributed by atoms with E-state index < -0.39 is 0 Å². The van der Waals surface area contributed by atoms with Gasteiger partial charge in [0.25, 0.3) is 11.1 Å². The number of benzene rings is 3. The molecule has 1 amide bonds. The maximum atomic E-state index is 12.0. The second kappa shape index (κ2) is 9.76. The standard InChI is InChI=1S/C23H19N3O3S/c27-22(16-30-23-25-20-11-4-5-12-21(20)29-23)26-24-14-18-9-6-10-19(13-18)28-15-17-7-2-1-3-8-17/h1-14H,15-16H2,(H,26,27). The lowest BCUT2D eigenvalue weighted by Gasteiger charge is -2.06. The maximum Gasteiger partial charge on any atom is 0.257 e. The number of hydrogen-bond donors (Lipinski definition) is 1. The number of hydrogen-bond acceptors (Lipinski definition) is 6. The predicted octanol–water partition coefficient (Wildman–Crippen LogP) is 4.65. The van der Waals surface area contributed by atoms with Crippen LogP contribution < -0.4 is 10.2 Å². The molecule has 0 saturated carbocycles. The molecule has 0 radical (unpaired) electrons. The number of aromatic nitrogens is 1. The zero-order valence-electron chi connectivity index (χ0n) is 16.0. The average Bonchev–Trinajstić information content (AvgIpc) is 3.20. The summed E-state index contributed by atoms with van der Waals surface area (Å²) in [7, 11) is 0. The van der Waals surface area contributed by atoms with Gasteiger partial charge in [-0.2, -0.15) is 5.10 Å². The molecule has 0 aliphatic heterocycles. The number of carbonyl (C=O) groups excluding carboxylic acids is 1. The van der Waals surface area contributed by atoms with Gasteiger partial charge in [-0.3, -0.25) is 4.79 Å². The smallest absolute Gasteiger partial charge is 0.257 e. The summed E-state index contributed by atoms with van der Waals surface area (Å²) in [5, 5.41) is 4.47. The van der Waals surface area contributed by atoms with E-state index in [1.54, 1.807) is 6.21 Å². The molecular formula is C23H19N3O3S. The number of amides is 1. The van der Waals surface area contributed by atoms with Crippen LogP contribution in [0.1, 0.15) is 11.1 Å². The first kappa shape index (κ1) is 19.7. The Morgan fingerprint density at radius 3 is 2.77 bits per heavy atom. The predicted molar refractivity (Wildman–Crippen MR) is 118 cm³/mol. The van der Waals surface area contributed by atoms with Crippen molar-refractivity contribution in [2.75, 3.05) is 5.75 Å². The number of para-hydroxylation sites is 2. The number of nitrogens with one attached hydrogen (secondary N) is 1. The summed E-state index contributed by atoms with van der Waals surface area (Å²) in [6, 6.07) is 25.0. The lowest BCUT2D eigenvalue weighted by atomic mass is 10.2. The van der Waals surface area contributed by atoms with Crippen LogP contribution in [-0.2, 0) is 11.4 Å². The summed E-state index contributed by atoms with van der Waals surface area (Å²) in [6.45, 7) is 0.491. The Morgan fingerprint density at radius 1 is 1.07 bits per heavy atom. The van der Waals surface area contributed by atoms with Gasteiger partial charge in [0.2, 0.25) is 0 Å². The Hall–Kier alpha value is -3.58. The highest BCUT2D eigenvalue weighted by Crippen LogP contribution is 2.22. The van der Waals surface area contributed by atoms with E-state index in [0.717, 1.165) is 22.4 Å². The van der Waals surface area contributed by atoms with Gasteiger partial charge < -0.3 is 9.15 Å². The minimum Gasteiger partial charge on any atom is -0.489 e. The molecule has 0 unspecified atom stereocenters. The summed E-state index contributed by atoms with van der Waals surface area (Å²) in [5.41, 5.74) is 5.91. The highest BCUT2D eigenvalue weighted by Gasteiger charge is 2.08. The lowest BCUT2D eigenvalue weighted by Crippen LogP contribution is -2.19. The summed E-state index contributed by atoms with van der Waals surface area (Å²) in [4.78, 5) is 16.3. The Bertz CT molecular complexity index is 1130. The van der Waals surface area contributed by atoms with E-state index in [1.807, 2.05) is 78.9 Å². The Morgan fingerprint density at radius 2 is 1.90 bits per heavy atom. The quantitative estimate of drug-likeness (QED) is 0.257. The van der Waals surface area contributed by atoms with Gasteiger partial charge >= 0.3 is 0 Å². The molecule has 0 bridgehead atoms. The SMILES string of the molecule is O=C(CSc1nc2ccccc2o1)NN=Cc1cccc(OCc2ccccc2)c1. The second-order valence-corrected chi connectivity index (χ2v) is 7.30. The number of rotatable bonds is 8. The fourth-order valence-corrected chi connectivity index (χ4v) is 3.31. The van der Waals surface area contributed by atoms with Gasteiger partial charge in [-0.15, -0.1) is 0 Å². The molecule has 150 valence electrons. The van der Waals surface area contributed by atoms with Crippen molar-refractivity contribution in [3.8, 4) is 5.75 Å². The van der Waals surface area contributed by atoms with Crippen molar-refractivity contribution in [1.29, 1.82) is 0 Å². The molecule has 1 aromatic heterocycles. The van der Waals surface area contributed by atoms with E-state index in [4.69, 9.17) is 9.15 Å². The number of hydrazone groups is 1. The van der Waals surface area contributed by atoms with Crippen molar-refractivity contribution in [1.82, 2.24) is 10.4 Å². The second-order valence-electron chi connectivity index (χ2n) is 6.38. The van der Waals surface area contributed by atoms with Crippen LogP contribution in [0.4, 0.5) is 0 Å². The van der Waals surface area contributed by atoms with Gasteiger partial charge in [0.05, 0.1) is 12.0 Å². The number of ether oxygens (including phenoxy) is 1. The number of carbonyl (C=O) groups is 1. The molecule has 4 rings (SSSR count). The minimum atomic E-state index is -0.241. The van der Waals surface area contributed by atoms with Crippen LogP contribution in [-0.4, -0.2) is 22.9 Å². The van der Waals surface area contributed by atoms with Crippen LogP contribution in [0.3, 0.4) is 0 Å². The molecule has 0 aliphatic rings. The van der Waals surface area contributed by atoms with Crippen LogP contribution >= 0.6 is 11.8 Å². The van der Waals surface area contributed by atoms with Crippen LogP contribution in [0.25, 0.3) is 11.1 Å². The third kappa shape index (κ3) is 5.48. The zero-order valence-corrected chi connectivity index (χ0v) is 16.8. The fourth-order valence-electron chi connectivity index (χ4n) is 2.68. The summed E-state index contributed by atoms with van der Waals surface area (Å²) in [6.07, 6.45) is 1.58. The molecule has 0 spiro atoms. The Kier molecular flexibility index (Phi) is 6.41. The van der Waals surface area contributed by atoms with E-state index in [2.05, 4.69) is 15.5 Å². The van der Waals surface area contributed by atoms with Crippen molar-refractivity contribution in [3.63, 3.8) is 0 Å². The van der Waals surface area contributed by atoms with E-state index >= 15 is 0 Å². The molecule has 1 heterocycles. The number of nitrogens with zero attached hydrogens (tertiary/aromatic N) is 2. The molecule has 4 aromatic rings. The van der Waals surface area contributed by atoms with Crippen LogP contribution in [0.2, 0.25) is 0 Å². The first-order chi connectivity index (χ1) is 14.8. The molecule has 0 aliphatic carbocycles. The molecule has 0 fully saturated rings. The molecule has 7 heteroatoms. The first-order valence-corrected chi connectivity index (χ1v) is 10.3. The van der Waals surface area contributed by atoms with Gasteiger partial charge in [0, 0.05) is 0 Å². The van der Waals surface area contributed by atoms with Crippen LogP contribution in [0.5, 0.6) is 5.75 Å². The molecule has 30 heavy (non-hydrogen) atoms. The fraction of sp³-hybridized carbons (Fsp3) is 0.0870. The van der Waals surface area contributed by atoms with Crippen molar-refractivity contribution in [3.05, 3.63) is 90.0 Å². The van der Waals surface area contributed by atoms with Gasteiger partial charge in [0.15, 0.2) is 5.58 Å². The molecule has 0 saturated heterocycles. The van der Waals surface area contributed by atoms with E-state index in [1.165, 1.54) is 11.8 Å². The number of fused-ring (bicyclic) bond motifs is 1. The topological polar surface area (TPSA) is 76.7 Å². The largest absolute Gasteiger partial charge is 0.489 e. The molecule has 3 aromatic carbocycles. The summed E-state index contributed by atoms with van der Waals surface area (Å²) < 4.78 is 11.4. The van der Waals surface area contributed by atoms with Gasteiger partial charge in [-0.05, 0) is 35.4 Å². The molecule has 0 atom stereocenters. The molecular weight excluding hydrogens is 398 g/mol. The van der Waals surface area contributed by atoms with Gasteiger partial charge in [-0.1, -0.05) is 66.4 Å². The summed E-state index contributed by atoms with van der Waals surface area (Å²) in [5.74, 6) is 0.653. The zero-order chi connectivity index (χ0) is 20.6. The average molecular weight is 417 g/mol. The highest BCUT2D eigenvalue weighted by atomic mass is 32.2. The van der Waals surface area contributed by atoms with Crippen molar-refractivity contribution >= 4 is 35.0 Å². The van der Waals surface area contributed by atoms with E-state index in [-0.39, 0.29) is 11.7 Å². The monoisotopic (exact) mass is 417 g/mol. The van der Waals surface area contributed by atoms with Gasteiger partial charge in [0.1, 0.15) is 17.9 Å². The van der Waals surface area contributed by atoms with Crippen LogP contribution in [0.15, 0.2) is 93.6 Å². The molecule has 1 N–H and O–H groups in total. The van der Waals surface area contributed by atoms with Crippen molar-refractivity contribution < 1.29 is 13.9 Å². The number of thioether (sulfide) groups is 1. The Labute approximate surface area is 178 Å². The third-order valence-corrected chi connectivity index (χ3v) is 4.94. The normalized spacial score (nSPS) is 11.1.